The first kappa shape index (κ1) is 7.76. The van der Waals surface area contributed by atoms with Crippen LogP contribution in [-0.2, 0) is 12.6 Å². The molecule has 1 nitrogen and oxygen atoms in total. The molecule has 10 heavy (non-hydrogen) atoms. The highest BCUT2D eigenvalue weighted by Gasteiger charge is 2.01. The van der Waals surface area contributed by atoms with Gasteiger partial charge in [0.25, 0.3) is 0 Å². The first-order valence-corrected chi connectivity index (χ1v) is 3.67. The second kappa shape index (κ2) is 3.17. The third-order valence-corrected chi connectivity index (χ3v) is 2.08. The molecule has 0 aromatic heterocycles. The molecule has 0 aliphatic rings. The average molecular weight is 176 g/mol. The highest BCUT2D eigenvalue weighted by Crippen LogP contribution is 2.20. The van der Waals surface area contributed by atoms with E-state index in [9.17, 15) is 0 Å². The molecule has 1 aromatic rings. The fourth-order valence-electron chi connectivity index (χ4n) is 0.631. The van der Waals surface area contributed by atoms with E-state index in [0.717, 1.165) is 10.6 Å². The van der Waals surface area contributed by atoms with E-state index in [0.29, 0.717) is 5.02 Å². The van der Waals surface area contributed by atoms with Gasteiger partial charge in [-0.1, -0.05) is 11.6 Å². The minimum absolute atomic E-state index is 0.692. The van der Waals surface area contributed by atoms with Crippen molar-refractivity contribution in [3.8, 4) is 5.75 Å². The summed E-state index contributed by atoms with van der Waals surface area (Å²) in [4.78, 5) is 0.848. The molecule has 1 aromatic carbocycles. The largest absolute Gasteiger partial charge is 0.497 e. The van der Waals surface area contributed by atoms with Gasteiger partial charge < -0.3 is 4.74 Å². The summed E-state index contributed by atoms with van der Waals surface area (Å²) in [6.45, 7) is 0. The van der Waals surface area contributed by atoms with Crippen LogP contribution >= 0.6 is 11.6 Å². The number of hydrogen-bond acceptors (Lipinski definition) is 1. The number of rotatable bonds is 1. The molecule has 0 saturated carbocycles. The molecule has 0 atom stereocenters. The number of methoxy groups -OCH3 is 1. The Bertz CT molecular complexity index is 237. The molecule has 0 aliphatic heterocycles. The Kier molecular flexibility index (Phi) is 2.46. The molecule has 0 aliphatic carbocycles. The van der Waals surface area contributed by atoms with Crippen LogP contribution in [0.4, 0.5) is 0 Å². The van der Waals surface area contributed by atoms with E-state index in [1.54, 1.807) is 13.2 Å². The maximum Gasteiger partial charge on any atom is 0.172 e. The molecular formula is C7H8ClOS+. The van der Waals surface area contributed by atoms with Gasteiger partial charge in [0.05, 0.1) is 12.1 Å². The molecule has 0 unspecified atom stereocenters. The molecule has 0 saturated heterocycles. The Morgan fingerprint density at radius 1 is 1.50 bits per heavy atom. The second-order valence-corrected chi connectivity index (χ2v) is 2.79. The maximum atomic E-state index is 5.73. The van der Waals surface area contributed by atoms with Crippen LogP contribution in [0, 0.1) is 0 Å². The fourth-order valence-corrected chi connectivity index (χ4v) is 0.974. The quantitative estimate of drug-likeness (QED) is 0.591. The maximum absolute atomic E-state index is 5.73. The summed E-state index contributed by atoms with van der Waals surface area (Å²) in [5.41, 5.74) is 0. The molecular weight excluding hydrogens is 168 g/mol. The smallest absolute Gasteiger partial charge is 0.172 e. The van der Waals surface area contributed by atoms with Crippen molar-refractivity contribution in [3.63, 3.8) is 0 Å². The third kappa shape index (κ3) is 1.58. The Morgan fingerprint density at radius 3 is 2.70 bits per heavy atom. The summed E-state index contributed by atoms with van der Waals surface area (Å²) >= 11 is 9.06. The molecule has 0 amide bonds. The molecule has 0 radical (unpaired) electrons. The highest BCUT2D eigenvalue weighted by atomic mass is 35.5. The van der Waals surface area contributed by atoms with E-state index >= 15 is 0 Å². The van der Waals surface area contributed by atoms with Gasteiger partial charge >= 0.3 is 0 Å². The molecule has 0 heterocycles. The average Bonchev–Trinajstić information content (AvgIpc) is 1.95. The van der Waals surface area contributed by atoms with Gasteiger partial charge in [0.2, 0.25) is 0 Å². The summed E-state index contributed by atoms with van der Waals surface area (Å²) in [6, 6.07) is 5.41. The van der Waals surface area contributed by atoms with Crippen molar-refractivity contribution in [2.45, 2.75) is 4.90 Å². The van der Waals surface area contributed by atoms with Crippen molar-refractivity contribution in [2.24, 2.45) is 0 Å². The molecule has 0 fully saturated rings. The van der Waals surface area contributed by atoms with Crippen LogP contribution in [0.2, 0.25) is 5.02 Å². The predicted molar refractivity (Wildman–Crippen MR) is 46.4 cm³/mol. The lowest BCUT2D eigenvalue weighted by atomic mass is 10.3. The van der Waals surface area contributed by atoms with Crippen LogP contribution in [-0.4, -0.2) is 7.11 Å². The van der Waals surface area contributed by atoms with E-state index < -0.39 is 0 Å². The van der Waals surface area contributed by atoms with Crippen LogP contribution < -0.4 is 4.74 Å². The zero-order valence-corrected chi connectivity index (χ0v) is 7.27. The first-order chi connectivity index (χ1) is 4.74. The Labute approximate surface area is 70.4 Å². The Hall–Kier alpha value is -0.340. The first-order valence-electron chi connectivity index (χ1n) is 2.79. The topological polar surface area (TPSA) is 9.23 Å². The SMILES string of the molecule is COc1ccc(Cl)c([SH2+])c1. The van der Waals surface area contributed by atoms with E-state index in [4.69, 9.17) is 16.3 Å². The van der Waals surface area contributed by atoms with Gasteiger partial charge in [0.1, 0.15) is 5.75 Å². The normalized spacial score (nSPS) is 9.50. The highest BCUT2D eigenvalue weighted by molar-refractivity contribution is 7.59. The second-order valence-electron chi connectivity index (χ2n) is 1.85. The van der Waals surface area contributed by atoms with Gasteiger partial charge in [-0.2, -0.15) is 0 Å². The van der Waals surface area contributed by atoms with Gasteiger partial charge in [0, 0.05) is 6.07 Å². The predicted octanol–water partition coefficient (Wildman–Crippen LogP) is 1.72. The van der Waals surface area contributed by atoms with Gasteiger partial charge in [-0.15, -0.1) is 0 Å². The number of hydrogen-bond donors (Lipinski definition) is 0. The van der Waals surface area contributed by atoms with Gasteiger partial charge in [-0.05, 0) is 24.8 Å². The van der Waals surface area contributed by atoms with Crippen molar-refractivity contribution >= 4 is 24.2 Å². The van der Waals surface area contributed by atoms with Crippen molar-refractivity contribution in [1.29, 1.82) is 0 Å². The summed E-state index contributed by atoms with van der Waals surface area (Å²) in [5, 5.41) is 0.692. The van der Waals surface area contributed by atoms with Gasteiger partial charge in [-0.25, -0.2) is 0 Å². The molecule has 0 spiro atoms. The van der Waals surface area contributed by atoms with E-state index in [1.807, 2.05) is 12.1 Å². The van der Waals surface area contributed by atoms with Crippen molar-refractivity contribution in [3.05, 3.63) is 23.2 Å². The lowest BCUT2D eigenvalue weighted by molar-refractivity contribution is 0.413. The molecule has 54 valence electrons. The standard InChI is InChI=1S/C7H7ClOS/c1-9-5-2-3-6(8)7(10)4-5/h2-4,10H,1H3/p+1. The van der Waals surface area contributed by atoms with E-state index in [1.165, 1.54) is 0 Å². The summed E-state index contributed by atoms with van der Waals surface area (Å²) in [6.07, 6.45) is 0. The van der Waals surface area contributed by atoms with E-state index in [2.05, 4.69) is 12.6 Å². The minimum Gasteiger partial charge on any atom is -0.497 e. The summed E-state index contributed by atoms with van der Waals surface area (Å²) in [7, 11) is 1.62. The minimum atomic E-state index is 0.692. The monoisotopic (exact) mass is 175 g/mol. The molecule has 0 bridgehead atoms. The van der Waals surface area contributed by atoms with Crippen LogP contribution in [0.3, 0.4) is 0 Å². The van der Waals surface area contributed by atoms with Crippen LogP contribution in [0.25, 0.3) is 0 Å². The number of benzene rings is 1. The lowest BCUT2D eigenvalue weighted by Gasteiger charge is -1.97. The van der Waals surface area contributed by atoms with Crippen LogP contribution in [0.5, 0.6) is 5.75 Å². The molecule has 0 N–H and O–H groups in total. The zero-order valence-electron chi connectivity index (χ0n) is 5.52. The van der Waals surface area contributed by atoms with Crippen LogP contribution in [0.1, 0.15) is 0 Å². The molecule has 3 heteroatoms. The Balaban J connectivity index is 3.04. The van der Waals surface area contributed by atoms with Gasteiger partial charge in [0.15, 0.2) is 4.90 Å². The Morgan fingerprint density at radius 2 is 2.20 bits per heavy atom. The molecule has 1 rings (SSSR count). The van der Waals surface area contributed by atoms with E-state index in [-0.39, 0.29) is 0 Å². The zero-order chi connectivity index (χ0) is 7.56. The summed E-state index contributed by atoms with van der Waals surface area (Å²) < 4.78 is 4.96. The van der Waals surface area contributed by atoms with Crippen molar-refractivity contribution in [2.75, 3.05) is 7.11 Å². The lowest BCUT2D eigenvalue weighted by Crippen LogP contribution is -1.82. The van der Waals surface area contributed by atoms with Crippen molar-refractivity contribution < 1.29 is 4.74 Å². The number of ether oxygens (including phenoxy) is 1. The van der Waals surface area contributed by atoms with Crippen LogP contribution in [0.15, 0.2) is 23.1 Å². The fraction of sp³-hybridized carbons (Fsp3) is 0.143. The van der Waals surface area contributed by atoms with Crippen molar-refractivity contribution in [1.82, 2.24) is 0 Å². The van der Waals surface area contributed by atoms with Gasteiger partial charge in [-0.3, -0.25) is 0 Å². The summed E-state index contributed by atoms with van der Waals surface area (Å²) in [5.74, 6) is 0.800. The number of halogens is 1. The third-order valence-electron chi connectivity index (χ3n) is 1.17.